The maximum Gasteiger partial charge on any atom is 0.265 e. The molecule has 0 aliphatic carbocycles. The predicted molar refractivity (Wildman–Crippen MR) is 119 cm³/mol. The van der Waals surface area contributed by atoms with E-state index in [0.717, 1.165) is 28.4 Å². The maximum absolute atomic E-state index is 6.03. The second-order valence-corrected chi connectivity index (χ2v) is 7.21. The summed E-state index contributed by atoms with van der Waals surface area (Å²) in [5.74, 6) is 1.59. The van der Waals surface area contributed by atoms with Gasteiger partial charge >= 0.3 is 0 Å². The molecule has 3 aromatic heterocycles. The highest BCUT2D eigenvalue weighted by molar-refractivity contribution is 6.30. The van der Waals surface area contributed by atoms with E-state index in [9.17, 15) is 0 Å². The summed E-state index contributed by atoms with van der Waals surface area (Å²) in [4.78, 5) is 7.73. The average molecular weight is 417 g/mol. The van der Waals surface area contributed by atoms with Crippen LogP contribution in [0.25, 0.3) is 33.4 Å². The van der Waals surface area contributed by atoms with Crippen LogP contribution in [0.3, 0.4) is 0 Å². The molecule has 7 nitrogen and oxygen atoms in total. The average Bonchev–Trinajstić information content (AvgIpc) is 3.37. The van der Waals surface area contributed by atoms with Crippen molar-refractivity contribution in [2.45, 2.75) is 13.3 Å². The number of nitrogens with one attached hydrogen (secondary N) is 2. The Kier molecular flexibility index (Phi) is 4.65. The lowest BCUT2D eigenvalue weighted by Gasteiger charge is -1.98. The number of fused-ring (bicyclic) bond motifs is 3. The molecule has 0 aliphatic rings. The van der Waals surface area contributed by atoms with E-state index in [2.05, 4.69) is 49.7 Å². The zero-order valence-corrected chi connectivity index (χ0v) is 16.8. The third-order valence-corrected chi connectivity index (χ3v) is 5.01. The number of rotatable bonds is 5. The minimum atomic E-state index is 0.294. The molecule has 0 unspecified atom stereocenters. The molecule has 0 fully saturated rings. The van der Waals surface area contributed by atoms with E-state index < -0.39 is 0 Å². The van der Waals surface area contributed by atoms with Crippen molar-refractivity contribution in [3.63, 3.8) is 0 Å². The van der Waals surface area contributed by atoms with E-state index in [0.29, 0.717) is 28.1 Å². The van der Waals surface area contributed by atoms with Crippen LogP contribution >= 0.6 is 11.6 Å². The Morgan fingerprint density at radius 3 is 2.93 bits per heavy atom. The fourth-order valence-corrected chi connectivity index (χ4v) is 3.45. The van der Waals surface area contributed by atoms with Gasteiger partial charge in [0.05, 0.1) is 6.21 Å². The van der Waals surface area contributed by atoms with Crippen molar-refractivity contribution in [2.75, 3.05) is 5.43 Å². The molecular weight excluding hydrogens is 400 g/mol. The third kappa shape index (κ3) is 3.51. The highest BCUT2D eigenvalue weighted by atomic mass is 35.5. The van der Waals surface area contributed by atoms with Crippen LogP contribution < -0.4 is 5.43 Å². The van der Waals surface area contributed by atoms with E-state index >= 15 is 0 Å². The van der Waals surface area contributed by atoms with Gasteiger partial charge in [-0.15, -0.1) is 10.2 Å². The van der Waals surface area contributed by atoms with E-state index in [1.165, 1.54) is 5.56 Å². The summed E-state index contributed by atoms with van der Waals surface area (Å²) in [6.45, 7) is 2.12. The van der Waals surface area contributed by atoms with Gasteiger partial charge in [-0.2, -0.15) is 10.1 Å². The molecule has 5 aromatic rings. The van der Waals surface area contributed by atoms with Gasteiger partial charge in [0.2, 0.25) is 0 Å². The number of aryl methyl sites for hydroxylation is 1. The molecular formula is C22H17ClN6O. The molecule has 0 aliphatic heterocycles. The molecule has 5 rings (SSSR count). The Hall–Kier alpha value is -3.71. The molecule has 0 radical (unpaired) electrons. The molecule has 0 atom stereocenters. The summed E-state index contributed by atoms with van der Waals surface area (Å²) >= 11 is 6.03. The van der Waals surface area contributed by atoms with E-state index in [1.54, 1.807) is 6.21 Å². The lowest BCUT2D eigenvalue weighted by atomic mass is 10.1. The van der Waals surface area contributed by atoms with Crippen molar-refractivity contribution in [3.8, 4) is 11.3 Å². The number of aromatic nitrogens is 4. The number of furan rings is 1. The second-order valence-electron chi connectivity index (χ2n) is 6.77. The van der Waals surface area contributed by atoms with Crippen LogP contribution in [0.4, 0.5) is 5.95 Å². The first-order valence-corrected chi connectivity index (χ1v) is 9.87. The van der Waals surface area contributed by atoms with Crippen LogP contribution in [-0.4, -0.2) is 26.4 Å². The number of anilines is 1. The molecule has 0 saturated carbocycles. The summed E-state index contributed by atoms with van der Waals surface area (Å²) in [6, 6.07) is 17.4. The molecule has 0 saturated heterocycles. The van der Waals surface area contributed by atoms with Crippen molar-refractivity contribution in [1.29, 1.82) is 0 Å². The Labute approximate surface area is 176 Å². The minimum Gasteiger partial charge on any atom is -0.455 e. The lowest BCUT2D eigenvalue weighted by Crippen LogP contribution is -1.98. The Bertz CT molecular complexity index is 1390. The van der Waals surface area contributed by atoms with Crippen molar-refractivity contribution in [3.05, 3.63) is 70.9 Å². The Morgan fingerprint density at radius 2 is 2.07 bits per heavy atom. The van der Waals surface area contributed by atoms with Gasteiger partial charge in [0, 0.05) is 21.5 Å². The molecule has 30 heavy (non-hydrogen) atoms. The Morgan fingerprint density at radius 1 is 1.13 bits per heavy atom. The summed E-state index contributed by atoms with van der Waals surface area (Å²) in [5.41, 5.74) is 7.32. The van der Waals surface area contributed by atoms with Crippen LogP contribution in [0.2, 0.25) is 5.02 Å². The molecule has 2 N–H and O–H groups in total. The van der Waals surface area contributed by atoms with Gasteiger partial charge < -0.3 is 9.40 Å². The van der Waals surface area contributed by atoms with Crippen LogP contribution in [0.1, 0.15) is 18.2 Å². The topological polar surface area (TPSA) is 92.0 Å². The SMILES string of the molecule is CCc1ccc2[nH]c3nc(N/N=C\c4ccc(-c5cccc(Cl)c5)o4)nnc3c2c1. The summed E-state index contributed by atoms with van der Waals surface area (Å²) in [7, 11) is 0. The number of hydrogen-bond acceptors (Lipinski definition) is 6. The molecule has 0 amide bonds. The third-order valence-electron chi connectivity index (χ3n) is 4.78. The number of H-pyrrole nitrogens is 1. The first kappa shape index (κ1) is 18.3. The lowest BCUT2D eigenvalue weighted by molar-refractivity contribution is 0.575. The van der Waals surface area contributed by atoms with Gasteiger partial charge in [-0.25, -0.2) is 5.43 Å². The Balaban J connectivity index is 1.35. The second kappa shape index (κ2) is 7.61. The zero-order valence-electron chi connectivity index (χ0n) is 16.1. The monoisotopic (exact) mass is 416 g/mol. The fourth-order valence-electron chi connectivity index (χ4n) is 3.26. The van der Waals surface area contributed by atoms with Crippen LogP contribution in [-0.2, 0) is 6.42 Å². The van der Waals surface area contributed by atoms with Crippen molar-refractivity contribution >= 4 is 45.8 Å². The van der Waals surface area contributed by atoms with Crippen LogP contribution in [0.5, 0.6) is 0 Å². The van der Waals surface area contributed by atoms with Gasteiger partial charge in [0.1, 0.15) is 17.0 Å². The number of nitrogens with zero attached hydrogens (tertiary/aromatic N) is 4. The number of benzene rings is 2. The number of hydrazone groups is 1. The standard InChI is InChI=1S/C22H17ClN6O/c1-2-13-6-8-18-17(10-13)20-21(25-18)26-22(29-27-20)28-24-12-16-7-9-19(30-16)14-4-3-5-15(23)11-14/h3-12H,2H2,1H3,(H2,25,26,28,29)/b24-12-. The van der Waals surface area contributed by atoms with Crippen molar-refractivity contribution in [2.24, 2.45) is 5.10 Å². The molecule has 8 heteroatoms. The highest BCUT2D eigenvalue weighted by Crippen LogP contribution is 2.25. The van der Waals surface area contributed by atoms with Gasteiger partial charge in [-0.1, -0.05) is 36.7 Å². The van der Waals surface area contributed by atoms with Gasteiger partial charge in [-0.3, -0.25) is 0 Å². The zero-order chi connectivity index (χ0) is 20.5. The number of halogens is 1. The van der Waals surface area contributed by atoms with Crippen LogP contribution in [0, 0.1) is 0 Å². The van der Waals surface area contributed by atoms with E-state index in [-0.39, 0.29) is 0 Å². The quantitative estimate of drug-likeness (QED) is 0.294. The number of hydrogen-bond donors (Lipinski definition) is 2. The largest absolute Gasteiger partial charge is 0.455 e. The summed E-state index contributed by atoms with van der Waals surface area (Å²) < 4.78 is 5.78. The van der Waals surface area contributed by atoms with Crippen molar-refractivity contribution in [1.82, 2.24) is 20.2 Å². The smallest absolute Gasteiger partial charge is 0.265 e. The predicted octanol–water partition coefficient (Wildman–Crippen LogP) is 5.43. The fraction of sp³-hybridized carbons (Fsp3) is 0.0909. The maximum atomic E-state index is 6.03. The molecule has 0 bridgehead atoms. The number of aromatic amines is 1. The van der Waals surface area contributed by atoms with Crippen molar-refractivity contribution < 1.29 is 4.42 Å². The summed E-state index contributed by atoms with van der Waals surface area (Å²) in [5, 5.41) is 14.3. The normalized spacial score (nSPS) is 11.7. The molecule has 148 valence electrons. The van der Waals surface area contributed by atoms with Crippen LogP contribution in [0.15, 0.2) is 64.1 Å². The van der Waals surface area contributed by atoms with Gasteiger partial charge in [-0.05, 0) is 48.4 Å². The molecule has 0 spiro atoms. The first-order chi connectivity index (χ1) is 14.7. The minimum absolute atomic E-state index is 0.294. The molecule has 2 aromatic carbocycles. The summed E-state index contributed by atoms with van der Waals surface area (Å²) in [6.07, 6.45) is 2.52. The molecule has 3 heterocycles. The van der Waals surface area contributed by atoms with Gasteiger partial charge in [0.15, 0.2) is 5.65 Å². The van der Waals surface area contributed by atoms with Gasteiger partial charge in [0.25, 0.3) is 5.95 Å². The highest BCUT2D eigenvalue weighted by Gasteiger charge is 2.09. The van der Waals surface area contributed by atoms with E-state index in [1.807, 2.05) is 42.5 Å². The van der Waals surface area contributed by atoms with E-state index in [4.69, 9.17) is 16.0 Å². The first-order valence-electron chi connectivity index (χ1n) is 9.49.